The molecule has 3 aromatic rings. The Bertz CT molecular complexity index is 1260. The number of hydrogen-bond acceptors (Lipinski definition) is 5. The Morgan fingerprint density at radius 3 is 2.70 bits per heavy atom. The number of Topliss-reactive ketones (excluding diaryl/α,β-unsaturated/α-hetero) is 1. The van der Waals surface area contributed by atoms with Crippen molar-refractivity contribution >= 4 is 38.4 Å². The number of para-hydroxylation sites is 2. The molecule has 1 fully saturated rings. The monoisotopic (exact) mass is 487 g/mol. The minimum atomic E-state index is -2.98. The number of unbranched alkanes of at least 4 members (excludes halogenated alkanes) is 3. The molecule has 0 unspecified atom stereocenters. The van der Waals surface area contributed by atoms with Gasteiger partial charge in [0.25, 0.3) is 0 Å². The number of imidazole rings is 1. The maximum Gasteiger partial charge on any atom is 0.175 e. The molecule has 6 nitrogen and oxygen atoms in total. The summed E-state index contributed by atoms with van der Waals surface area (Å²) in [5.41, 5.74) is 4.59. The van der Waals surface area contributed by atoms with E-state index in [4.69, 9.17) is 4.98 Å². The Morgan fingerprint density at radius 1 is 1.18 bits per heavy atom. The van der Waals surface area contributed by atoms with Crippen LogP contribution in [0.5, 0.6) is 0 Å². The highest BCUT2D eigenvalue weighted by atomic mass is 32.2. The zero-order valence-electron chi connectivity index (χ0n) is 19.7. The Kier molecular flexibility index (Phi) is 7.34. The highest BCUT2D eigenvalue weighted by Gasteiger charge is 2.31. The third-order valence-electron chi connectivity index (χ3n) is 6.55. The summed E-state index contributed by atoms with van der Waals surface area (Å²) in [6.07, 6.45) is 5.33. The quantitative estimate of drug-likeness (QED) is 0.218. The molecule has 3 heterocycles. The molecule has 178 valence electrons. The van der Waals surface area contributed by atoms with Crippen molar-refractivity contribution in [1.82, 2.24) is 14.1 Å². The third-order valence-corrected chi connectivity index (χ3v) is 9.27. The highest BCUT2D eigenvalue weighted by molar-refractivity contribution is 7.99. The van der Waals surface area contributed by atoms with Gasteiger partial charge in [0.2, 0.25) is 0 Å². The van der Waals surface area contributed by atoms with Crippen LogP contribution in [0.25, 0.3) is 11.0 Å². The number of fused-ring (bicyclic) bond motifs is 1. The van der Waals surface area contributed by atoms with E-state index in [1.807, 2.05) is 42.7 Å². The fourth-order valence-corrected chi connectivity index (χ4v) is 7.51. The number of ketones is 1. The van der Waals surface area contributed by atoms with Crippen LogP contribution in [0.3, 0.4) is 0 Å². The van der Waals surface area contributed by atoms with Crippen LogP contribution in [0, 0.1) is 13.8 Å². The van der Waals surface area contributed by atoms with E-state index in [0.717, 1.165) is 40.5 Å². The predicted molar refractivity (Wildman–Crippen MR) is 135 cm³/mol. The molecule has 0 aliphatic carbocycles. The summed E-state index contributed by atoms with van der Waals surface area (Å²) in [5, 5.41) is 0.886. The summed E-state index contributed by atoms with van der Waals surface area (Å²) in [7, 11) is -2.98. The van der Waals surface area contributed by atoms with Gasteiger partial charge in [-0.1, -0.05) is 50.1 Å². The largest absolute Gasteiger partial charge is 0.344 e. The molecular formula is C25H33N3O3S2. The van der Waals surface area contributed by atoms with Crippen molar-refractivity contribution in [3.63, 3.8) is 0 Å². The Balaban J connectivity index is 1.51. The van der Waals surface area contributed by atoms with E-state index < -0.39 is 9.84 Å². The number of carbonyl (C=O) groups excluding carboxylic acids is 1. The number of aryl methyl sites for hydroxylation is 2. The van der Waals surface area contributed by atoms with E-state index >= 15 is 0 Å². The summed E-state index contributed by atoms with van der Waals surface area (Å²) in [6.45, 7) is 7.00. The molecule has 2 aromatic heterocycles. The fraction of sp³-hybridized carbons (Fsp3) is 0.520. The van der Waals surface area contributed by atoms with E-state index in [1.165, 1.54) is 31.0 Å². The van der Waals surface area contributed by atoms with Crippen LogP contribution >= 0.6 is 11.8 Å². The Morgan fingerprint density at radius 2 is 1.97 bits per heavy atom. The van der Waals surface area contributed by atoms with Crippen molar-refractivity contribution in [3.05, 3.63) is 47.3 Å². The first-order valence-corrected chi connectivity index (χ1v) is 14.6. The average molecular weight is 488 g/mol. The number of nitrogens with zero attached hydrogens (tertiary/aromatic N) is 3. The molecule has 0 saturated carbocycles. The van der Waals surface area contributed by atoms with Gasteiger partial charge in [-0.05, 0) is 44.9 Å². The predicted octanol–water partition coefficient (Wildman–Crippen LogP) is 5.37. The van der Waals surface area contributed by atoms with Crippen molar-refractivity contribution in [3.8, 4) is 0 Å². The summed E-state index contributed by atoms with van der Waals surface area (Å²) < 4.78 is 28.2. The van der Waals surface area contributed by atoms with Crippen LogP contribution in [0.1, 0.15) is 66.8 Å². The molecule has 33 heavy (non-hydrogen) atoms. The summed E-state index contributed by atoms with van der Waals surface area (Å²) >= 11 is 1.49. The SMILES string of the molecule is CCCCCCn1c(SCC(=O)c2cc(C)n([C@@H]3CCS(=O)(=O)C3)c2C)nc2ccccc21. The second kappa shape index (κ2) is 10.1. The van der Waals surface area contributed by atoms with Crippen molar-refractivity contribution < 1.29 is 13.2 Å². The molecule has 0 amide bonds. The number of carbonyl (C=O) groups is 1. The average Bonchev–Trinajstić information content (AvgIpc) is 3.41. The minimum Gasteiger partial charge on any atom is -0.344 e. The topological polar surface area (TPSA) is 74.0 Å². The number of rotatable bonds is 10. The summed E-state index contributed by atoms with van der Waals surface area (Å²) in [6, 6.07) is 9.98. The van der Waals surface area contributed by atoms with E-state index in [-0.39, 0.29) is 23.3 Å². The smallest absolute Gasteiger partial charge is 0.175 e. The fourth-order valence-electron chi connectivity index (χ4n) is 4.88. The van der Waals surface area contributed by atoms with E-state index in [0.29, 0.717) is 17.7 Å². The van der Waals surface area contributed by atoms with Gasteiger partial charge in [-0.25, -0.2) is 13.4 Å². The zero-order chi connectivity index (χ0) is 23.6. The summed E-state index contributed by atoms with van der Waals surface area (Å²) in [5.74, 6) is 0.756. The molecular weight excluding hydrogens is 454 g/mol. The second-order valence-electron chi connectivity index (χ2n) is 9.02. The van der Waals surface area contributed by atoms with Crippen molar-refractivity contribution in [2.75, 3.05) is 17.3 Å². The normalized spacial score (nSPS) is 17.7. The van der Waals surface area contributed by atoms with Gasteiger partial charge < -0.3 is 9.13 Å². The molecule has 1 aliphatic rings. The number of sulfone groups is 1. The van der Waals surface area contributed by atoms with Crippen LogP contribution in [0.4, 0.5) is 0 Å². The first kappa shape index (κ1) is 24.1. The van der Waals surface area contributed by atoms with Crippen molar-refractivity contribution in [2.24, 2.45) is 0 Å². The molecule has 1 saturated heterocycles. The van der Waals surface area contributed by atoms with Crippen LogP contribution in [0.2, 0.25) is 0 Å². The molecule has 1 aromatic carbocycles. The number of hydrogen-bond donors (Lipinski definition) is 0. The van der Waals surface area contributed by atoms with Gasteiger partial charge >= 0.3 is 0 Å². The molecule has 0 bridgehead atoms. The molecule has 8 heteroatoms. The van der Waals surface area contributed by atoms with E-state index in [2.05, 4.69) is 17.6 Å². The van der Waals surface area contributed by atoms with Crippen LogP contribution < -0.4 is 0 Å². The summed E-state index contributed by atoms with van der Waals surface area (Å²) in [4.78, 5) is 18.0. The maximum atomic E-state index is 13.2. The molecule has 4 rings (SSSR count). The van der Waals surface area contributed by atoms with Gasteiger partial charge in [0.15, 0.2) is 20.8 Å². The van der Waals surface area contributed by atoms with Crippen LogP contribution in [-0.4, -0.2) is 45.6 Å². The van der Waals surface area contributed by atoms with Crippen molar-refractivity contribution in [2.45, 2.75) is 70.6 Å². The lowest BCUT2D eigenvalue weighted by molar-refractivity contribution is 0.102. The van der Waals surface area contributed by atoms with E-state index in [1.54, 1.807) is 0 Å². The van der Waals surface area contributed by atoms with Gasteiger partial charge in [0.1, 0.15) is 0 Å². The number of aromatic nitrogens is 3. The third kappa shape index (κ3) is 5.22. The van der Waals surface area contributed by atoms with Crippen molar-refractivity contribution in [1.29, 1.82) is 0 Å². The van der Waals surface area contributed by atoms with Crippen LogP contribution in [0.15, 0.2) is 35.5 Å². The van der Waals surface area contributed by atoms with Gasteiger partial charge in [-0.15, -0.1) is 0 Å². The highest BCUT2D eigenvalue weighted by Crippen LogP contribution is 2.31. The Labute approximate surface area is 200 Å². The van der Waals surface area contributed by atoms with Gasteiger partial charge in [-0.2, -0.15) is 0 Å². The molecule has 1 aliphatic heterocycles. The minimum absolute atomic E-state index is 0.0600. The molecule has 0 radical (unpaired) electrons. The second-order valence-corrected chi connectivity index (χ2v) is 12.2. The first-order chi connectivity index (χ1) is 15.8. The first-order valence-electron chi connectivity index (χ1n) is 11.8. The lowest BCUT2D eigenvalue weighted by Gasteiger charge is -2.16. The van der Waals surface area contributed by atoms with E-state index in [9.17, 15) is 13.2 Å². The van der Waals surface area contributed by atoms with Gasteiger partial charge in [-0.3, -0.25) is 4.79 Å². The van der Waals surface area contributed by atoms with Crippen LogP contribution in [-0.2, 0) is 16.4 Å². The van der Waals surface area contributed by atoms with Gasteiger partial charge in [0.05, 0.1) is 28.3 Å². The lowest BCUT2D eigenvalue weighted by Crippen LogP contribution is -2.14. The Hall–Kier alpha value is -2.06. The lowest BCUT2D eigenvalue weighted by atomic mass is 10.2. The number of thioether (sulfide) groups is 1. The standard InChI is InChI=1S/C25H33N3O3S2/c1-4-5-6-9-13-27-23-11-8-7-10-22(23)26-25(27)32-16-24(29)21-15-18(2)28(19(21)3)20-12-14-33(30,31)17-20/h7-8,10-11,15,20H,4-6,9,12-14,16-17H2,1-3H3/t20-/m1/s1. The molecule has 1 atom stereocenters. The molecule has 0 N–H and O–H groups in total. The zero-order valence-corrected chi connectivity index (χ0v) is 21.3. The number of benzene rings is 1. The molecule has 0 spiro atoms. The maximum absolute atomic E-state index is 13.2. The van der Waals surface area contributed by atoms with Gasteiger partial charge in [0, 0.05) is 29.5 Å².